The molecule has 0 saturated carbocycles. The number of anilines is 1. The molecule has 0 aliphatic heterocycles. The predicted octanol–water partition coefficient (Wildman–Crippen LogP) is 4.24. The molecule has 0 amide bonds. The Labute approximate surface area is 153 Å². The van der Waals surface area contributed by atoms with Crippen LogP contribution < -0.4 is 15.8 Å². The Kier molecular flexibility index (Phi) is 7.10. The number of hydrogen-bond donors (Lipinski definition) is 2. The first kappa shape index (κ1) is 19.1. The number of halogens is 1. The van der Waals surface area contributed by atoms with Gasteiger partial charge in [0.25, 0.3) is 0 Å². The topological polar surface area (TPSA) is 68.9 Å². The van der Waals surface area contributed by atoms with Gasteiger partial charge in [-0.1, -0.05) is 23.7 Å². The van der Waals surface area contributed by atoms with Crippen LogP contribution in [0.4, 0.5) is 5.69 Å². The lowest BCUT2D eigenvalue weighted by atomic mass is 10.1. The normalized spacial score (nSPS) is 12.9. The molecule has 0 radical (unpaired) electrons. The number of aliphatic imine (C=N–C) groups is 1. The molecule has 0 aliphatic carbocycles. The smallest absolute Gasteiger partial charge is 0.193 e. The Balaban J connectivity index is 1.96. The van der Waals surface area contributed by atoms with E-state index in [9.17, 15) is 0 Å². The zero-order valence-electron chi connectivity index (χ0n) is 14.7. The van der Waals surface area contributed by atoms with Crippen molar-refractivity contribution in [3.05, 3.63) is 59.1 Å². The molecule has 0 aromatic heterocycles. The molecule has 2 aromatic carbocycles. The first-order valence-corrected chi connectivity index (χ1v) is 8.47. The average molecular weight is 362 g/mol. The van der Waals surface area contributed by atoms with Crippen molar-refractivity contribution in [3.8, 4) is 5.75 Å². The van der Waals surface area contributed by atoms with Crippen molar-refractivity contribution in [1.82, 2.24) is 0 Å². The van der Waals surface area contributed by atoms with E-state index in [0.29, 0.717) is 17.5 Å². The van der Waals surface area contributed by atoms with Crippen LogP contribution in [0.5, 0.6) is 5.75 Å². The summed E-state index contributed by atoms with van der Waals surface area (Å²) in [5.41, 5.74) is 7.76. The second-order valence-corrected chi connectivity index (χ2v) is 6.26. The summed E-state index contributed by atoms with van der Waals surface area (Å²) in [6.07, 6.45) is -0.0659. The van der Waals surface area contributed by atoms with Crippen LogP contribution in [0.25, 0.3) is 0 Å². The van der Waals surface area contributed by atoms with E-state index in [1.165, 1.54) is 0 Å². The van der Waals surface area contributed by atoms with E-state index in [0.717, 1.165) is 17.0 Å². The summed E-state index contributed by atoms with van der Waals surface area (Å²) in [6.45, 7) is 4.37. The summed E-state index contributed by atoms with van der Waals surface area (Å²) in [4.78, 5) is 4.35. The van der Waals surface area contributed by atoms with E-state index in [1.54, 1.807) is 7.11 Å². The fourth-order valence-electron chi connectivity index (χ4n) is 2.28. The van der Waals surface area contributed by atoms with Gasteiger partial charge in [-0.25, -0.2) is 0 Å². The number of methoxy groups -OCH3 is 1. The Bertz CT molecular complexity index is 702. The van der Waals surface area contributed by atoms with E-state index < -0.39 is 0 Å². The summed E-state index contributed by atoms with van der Waals surface area (Å²) in [5, 5.41) is 3.72. The minimum atomic E-state index is -0.208. The fourth-order valence-corrected chi connectivity index (χ4v) is 2.48. The summed E-state index contributed by atoms with van der Waals surface area (Å²) >= 11 is 6.02. The lowest BCUT2D eigenvalue weighted by Crippen LogP contribution is -2.23. The maximum absolute atomic E-state index is 6.02. The molecule has 0 bridgehead atoms. The number of nitrogens with two attached hydrogens (primary N) is 1. The lowest BCUT2D eigenvalue weighted by molar-refractivity contribution is 0.111. The monoisotopic (exact) mass is 361 g/mol. The van der Waals surface area contributed by atoms with Crippen molar-refractivity contribution in [2.24, 2.45) is 10.7 Å². The van der Waals surface area contributed by atoms with Crippen LogP contribution in [0.3, 0.4) is 0 Å². The Morgan fingerprint density at radius 1 is 1.20 bits per heavy atom. The number of ether oxygens (including phenoxy) is 2. The molecular weight excluding hydrogens is 338 g/mol. The quantitative estimate of drug-likeness (QED) is 0.571. The zero-order valence-corrected chi connectivity index (χ0v) is 15.5. The largest absolute Gasteiger partial charge is 0.491 e. The second-order valence-electron chi connectivity index (χ2n) is 5.82. The van der Waals surface area contributed by atoms with Crippen LogP contribution in [0.15, 0.2) is 53.5 Å². The van der Waals surface area contributed by atoms with Gasteiger partial charge >= 0.3 is 0 Å². The van der Waals surface area contributed by atoms with Gasteiger partial charge in [0.2, 0.25) is 0 Å². The zero-order chi connectivity index (χ0) is 18.2. The SMILES string of the molecule is COC(CN=C(N)Nc1ccc(OC(C)C)cc1)c1cccc(Cl)c1. The standard InChI is InChI=1S/C19H24ClN3O2/c1-13(2)25-17-9-7-16(8-10-17)23-19(21)22-12-18(24-3)14-5-4-6-15(20)11-14/h4-11,13,18H,12H2,1-3H3,(H3,21,22,23). The van der Waals surface area contributed by atoms with Crippen LogP contribution in [0.2, 0.25) is 5.02 Å². The molecule has 0 spiro atoms. The molecule has 2 rings (SSSR count). The second kappa shape index (κ2) is 9.30. The van der Waals surface area contributed by atoms with Crippen LogP contribution >= 0.6 is 11.6 Å². The van der Waals surface area contributed by atoms with Crippen LogP contribution in [0, 0.1) is 0 Å². The van der Waals surface area contributed by atoms with E-state index in [-0.39, 0.29) is 12.2 Å². The molecule has 0 heterocycles. The van der Waals surface area contributed by atoms with Crippen LogP contribution in [0.1, 0.15) is 25.5 Å². The van der Waals surface area contributed by atoms with Crippen molar-refractivity contribution in [3.63, 3.8) is 0 Å². The molecule has 5 nitrogen and oxygen atoms in total. The van der Waals surface area contributed by atoms with Crippen molar-refractivity contribution in [2.45, 2.75) is 26.1 Å². The third-order valence-corrected chi connectivity index (χ3v) is 3.67. The molecule has 6 heteroatoms. The highest BCUT2D eigenvalue weighted by atomic mass is 35.5. The molecule has 3 N–H and O–H groups in total. The van der Waals surface area contributed by atoms with Gasteiger partial charge < -0.3 is 20.5 Å². The van der Waals surface area contributed by atoms with E-state index >= 15 is 0 Å². The first-order chi connectivity index (χ1) is 12.0. The molecule has 0 fully saturated rings. The number of guanidine groups is 1. The van der Waals surface area contributed by atoms with Crippen LogP contribution in [-0.4, -0.2) is 25.7 Å². The Hall–Kier alpha value is -2.24. The maximum atomic E-state index is 6.02. The van der Waals surface area contributed by atoms with E-state index in [4.69, 9.17) is 26.8 Å². The molecule has 1 atom stereocenters. The van der Waals surface area contributed by atoms with Gasteiger partial charge in [0.1, 0.15) is 11.9 Å². The number of nitrogens with one attached hydrogen (secondary N) is 1. The summed E-state index contributed by atoms with van der Waals surface area (Å²) in [5.74, 6) is 1.14. The van der Waals surface area contributed by atoms with Crippen molar-refractivity contribution >= 4 is 23.2 Å². The highest BCUT2D eigenvalue weighted by molar-refractivity contribution is 6.30. The number of hydrogen-bond acceptors (Lipinski definition) is 3. The van der Waals surface area contributed by atoms with Gasteiger partial charge in [0.05, 0.1) is 12.6 Å². The van der Waals surface area contributed by atoms with E-state index in [1.807, 2.05) is 62.4 Å². The maximum Gasteiger partial charge on any atom is 0.193 e. The van der Waals surface area contributed by atoms with Crippen LogP contribution in [-0.2, 0) is 4.74 Å². The van der Waals surface area contributed by atoms with Gasteiger partial charge in [-0.3, -0.25) is 4.99 Å². The highest BCUT2D eigenvalue weighted by Crippen LogP contribution is 2.21. The Morgan fingerprint density at radius 2 is 1.92 bits per heavy atom. The predicted molar refractivity (Wildman–Crippen MR) is 104 cm³/mol. The van der Waals surface area contributed by atoms with Gasteiger partial charge in [0.15, 0.2) is 5.96 Å². The van der Waals surface area contributed by atoms with Gasteiger partial charge in [0, 0.05) is 17.8 Å². The van der Waals surface area contributed by atoms with Crippen molar-refractivity contribution < 1.29 is 9.47 Å². The van der Waals surface area contributed by atoms with Crippen molar-refractivity contribution in [2.75, 3.05) is 19.0 Å². The third kappa shape index (κ3) is 6.29. The van der Waals surface area contributed by atoms with E-state index in [2.05, 4.69) is 10.3 Å². The molecule has 0 saturated heterocycles. The molecule has 134 valence electrons. The molecule has 2 aromatic rings. The number of rotatable bonds is 7. The van der Waals surface area contributed by atoms with Gasteiger partial charge in [-0.15, -0.1) is 0 Å². The molecule has 0 aliphatic rings. The summed E-state index contributed by atoms with van der Waals surface area (Å²) in [7, 11) is 1.64. The third-order valence-electron chi connectivity index (χ3n) is 3.43. The summed E-state index contributed by atoms with van der Waals surface area (Å²) in [6, 6.07) is 15.1. The molecule has 25 heavy (non-hydrogen) atoms. The summed E-state index contributed by atoms with van der Waals surface area (Å²) < 4.78 is 11.1. The van der Waals surface area contributed by atoms with Crippen molar-refractivity contribution in [1.29, 1.82) is 0 Å². The number of nitrogens with zero attached hydrogens (tertiary/aromatic N) is 1. The minimum absolute atomic E-state index is 0.142. The Morgan fingerprint density at radius 3 is 2.52 bits per heavy atom. The van der Waals surface area contributed by atoms with Gasteiger partial charge in [-0.05, 0) is 55.8 Å². The number of benzene rings is 2. The lowest BCUT2D eigenvalue weighted by Gasteiger charge is -2.14. The van der Waals surface area contributed by atoms with Gasteiger partial charge in [-0.2, -0.15) is 0 Å². The molecular formula is C19H24ClN3O2. The average Bonchev–Trinajstić information content (AvgIpc) is 2.57. The fraction of sp³-hybridized carbons (Fsp3) is 0.316. The first-order valence-electron chi connectivity index (χ1n) is 8.10. The molecule has 1 unspecified atom stereocenters. The minimum Gasteiger partial charge on any atom is -0.491 e. The highest BCUT2D eigenvalue weighted by Gasteiger charge is 2.10.